The van der Waals surface area contributed by atoms with Crippen LogP contribution in [0.2, 0.25) is 0 Å². The number of nitrogens with one attached hydrogen (secondary N) is 2. The third-order valence-corrected chi connectivity index (χ3v) is 5.89. The molecule has 0 aromatic heterocycles. The Morgan fingerprint density at radius 3 is 2.61 bits per heavy atom. The van der Waals surface area contributed by atoms with Crippen molar-refractivity contribution in [2.75, 3.05) is 13.6 Å². The number of aliphatic hydroxyl groups excluding tert-OH is 1. The Bertz CT molecular complexity index is 816. The van der Waals surface area contributed by atoms with Crippen LogP contribution in [0, 0.1) is 0 Å². The van der Waals surface area contributed by atoms with Crippen molar-refractivity contribution in [1.29, 1.82) is 0 Å². The third kappa shape index (κ3) is 3.99. The molecule has 4 rings (SSSR count). The molecule has 1 heterocycles. The molecule has 1 spiro atoms. The zero-order valence-electron chi connectivity index (χ0n) is 16.4. The van der Waals surface area contributed by atoms with Crippen LogP contribution >= 0.6 is 0 Å². The molecule has 1 aliphatic carbocycles. The van der Waals surface area contributed by atoms with Gasteiger partial charge in [-0.2, -0.15) is 0 Å². The second-order valence-corrected chi connectivity index (χ2v) is 7.81. The molecular weight excluding hydrogens is 350 g/mol. The number of guanidine groups is 1. The highest BCUT2D eigenvalue weighted by molar-refractivity contribution is 5.80. The lowest BCUT2D eigenvalue weighted by Crippen LogP contribution is -2.47. The zero-order chi connectivity index (χ0) is 19.4. The first-order valence-corrected chi connectivity index (χ1v) is 10.2. The van der Waals surface area contributed by atoms with Gasteiger partial charge >= 0.3 is 0 Å². The van der Waals surface area contributed by atoms with E-state index in [-0.39, 0.29) is 11.6 Å². The molecule has 3 N–H and O–H groups in total. The summed E-state index contributed by atoms with van der Waals surface area (Å²) in [5.41, 5.74) is 2.01. The van der Waals surface area contributed by atoms with Gasteiger partial charge < -0.3 is 20.5 Å². The number of benzene rings is 2. The first-order valence-electron chi connectivity index (χ1n) is 10.2. The van der Waals surface area contributed by atoms with Crippen molar-refractivity contribution < 1.29 is 9.84 Å². The summed E-state index contributed by atoms with van der Waals surface area (Å²) in [6.07, 6.45) is 5.03. The van der Waals surface area contributed by atoms with Crippen LogP contribution in [0.4, 0.5) is 0 Å². The Balaban J connectivity index is 1.45. The number of aliphatic hydroxyl groups is 1. The maximum atomic E-state index is 10.4. The lowest BCUT2D eigenvalue weighted by atomic mass is 9.86. The molecule has 2 aromatic carbocycles. The highest BCUT2D eigenvalue weighted by Gasteiger charge is 2.43. The van der Waals surface area contributed by atoms with Crippen LogP contribution in [0.3, 0.4) is 0 Å². The zero-order valence-corrected chi connectivity index (χ0v) is 16.4. The number of para-hydroxylation sites is 1. The minimum absolute atomic E-state index is 0.0611. The van der Waals surface area contributed by atoms with Gasteiger partial charge in [-0.15, -0.1) is 0 Å². The smallest absolute Gasteiger partial charge is 0.191 e. The van der Waals surface area contributed by atoms with E-state index in [9.17, 15) is 5.11 Å². The standard InChI is InChI=1S/C23H29N3O2/c1-24-22(25-16-20(27)17-9-3-2-4-10-17)26-19-15-23(13-7-8-14-23)28-21-12-6-5-11-18(19)21/h2-6,9-12,19-20,27H,7-8,13-16H2,1H3,(H2,24,25,26). The van der Waals surface area contributed by atoms with Gasteiger partial charge in [0.15, 0.2) is 5.96 Å². The van der Waals surface area contributed by atoms with Crippen molar-refractivity contribution in [2.45, 2.75) is 49.9 Å². The van der Waals surface area contributed by atoms with Crippen molar-refractivity contribution in [1.82, 2.24) is 10.6 Å². The monoisotopic (exact) mass is 379 g/mol. The van der Waals surface area contributed by atoms with E-state index in [0.717, 1.165) is 30.6 Å². The Labute approximate surface area is 166 Å². The molecule has 0 amide bonds. The van der Waals surface area contributed by atoms with E-state index in [4.69, 9.17) is 4.74 Å². The number of ether oxygens (including phenoxy) is 1. The molecule has 1 saturated carbocycles. The van der Waals surface area contributed by atoms with Gasteiger partial charge in [-0.3, -0.25) is 4.99 Å². The summed E-state index contributed by atoms with van der Waals surface area (Å²) >= 11 is 0. The topological polar surface area (TPSA) is 65.9 Å². The number of rotatable bonds is 4. The second kappa shape index (κ2) is 8.23. The van der Waals surface area contributed by atoms with E-state index in [1.54, 1.807) is 7.05 Å². The first-order chi connectivity index (χ1) is 13.7. The molecule has 5 nitrogen and oxygen atoms in total. The SMILES string of the molecule is CN=C(NCC(O)c1ccccc1)NC1CC2(CCCC2)Oc2ccccc21. The average Bonchev–Trinajstić information content (AvgIpc) is 3.18. The van der Waals surface area contributed by atoms with Gasteiger partial charge in [-0.25, -0.2) is 0 Å². The Morgan fingerprint density at radius 2 is 1.86 bits per heavy atom. The quantitative estimate of drug-likeness (QED) is 0.560. The van der Waals surface area contributed by atoms with Gasteiger partial charge in [0.05, 0.1) is 12.1 Å². The van der Waals surface area contributed by atoms with Crippen LogP contribution in [0.25, 0.3) is 0 Å². The predicted octanol–water partition coefficient (Wildman–Crippen LogP) is 3.72. The first kappa shape index (κ1) is 18.8. The number of hydrogen-bond acceptors (Lipinski definition) is 3. The fourth-order valence-corrected chi connectivity index (χ4v) is 4.42. The van der Waals surface area contributed by atoms with Gasteiger partial charge in [0.2, 0.25) is 0 Å². The molecule has 0 radical (unpaired) electrons. The summed E-state index contributed by atoms with van der Waals surface area (Å²) in [6, 6.07) is 18.1. The summed E-state index contributed by atoms with van der Waals surface area (Å²) in [5.74, 6) is 1.68. The van der Waals surface area contributed by atoms with Gasteiger partial charge in [-0.05, 0) is 37.3 Å². The van der Waals surface area contributed by atoms with Gasteiger partial charge in [0.1, 0.15) is 11.4 Å². The van der Waals surface area contributed by atoms with Crippen molar-refractivity contribution in [3.63, 3.8) is 0 Å². The highest BCUT2D eigenvalue weighted by Crippen LogP contribution is 2.46. The third-order valence-electron chi connectivity index (χ3n) is 5.89. The van der Waals surface area contributed by atoms with Crippen LogP contribution in [0.15, 0.2) is 59.6 Å². The largest absolute Gasteiger partial charge is 0.487 e. The van der Waals surface area contributed by atoms with Crippen LogP contribution in [-0.2, 0) is 0 Å². The van der Waals surface area contributed by atoms with E-state index in [1.807, 2.05) is 36.4 Å². The lowest BCUT2D eigenvalue weighted by Gasteiger charge is -2.40. The predicted molar refractivity (Wildman–Crippen MR) is 112 cm³/mol. The molecule has 2 aliphatic rings. The fraction of sp³-hybridized carbons (Fsp3) is 0.435. The van der Waals surface area contributed by atoms with Crippen molar-refractivity contribution in [3.05, 3.63) is 65.7 Å². The summed E-state index contributed by atoms with van der Waals surface area (Å²) < 4.78 is 6.44. The number of aliphatic imine (C=N–C) groups is 1. The summed E-state index contributed by atoms with van der Waals surface area (Å²) in [7, 11) is 1.76. The minimum Gasteiger partial charge on any atom is -0.487 e. The summed E-state index contributed by atoms with van der Waals surface area (Å²) in [4.78, 5) is 4.38. The molecule has 2 aromatic rings. The normalized spacial score (nSPS) is 21.6. The summed E-state index contributed by atoms with van der Waals surface area (Å²) in [5, 5.41) is 17.3. The average molecular weight is 380 g/mol. The molecule has 0 saturated heterocycles. The Hall–Kier alpha value is -2.53. The fourth-order valence-electron chi connectivity index (χ4n) is 4.42. The van der Waals surface area contributed by atoms with Crippen LogP contribution in [0.5, 0.6) is 5.75 Å². The van der Waals surface area contributed by atoms with Gasteiger partial charge in [0, 0.05) is 25.6 Å². The highest BCUT2D eigenvalue weighted by atomic mass is 16.5. The van der Waals surface area contributed by atoms with Crippen molar-refractivity contribution in [3.8, 4) is 5.75 Å². The molecular formula is C23H29N3O2. The van der Waals surface area contributed by atoms with E-state index in [1.165, 1.54) is 18.4 Å². The maximum absolute atomic E-state index is 10.4. The molecule has 2 atom stereocenters. The molecule has 1 fully saturated rings. The van der Waals surface area contributed by atoms with Crippen LogP contribution < -0.4 is 15.4 Å². The number of hydrogen-bond donors (Lipinski definition) is 3. The van der Waals surface area contributed by atoms with Gasteiger partial charge in [-0.1, -0.05) is 48.5 Å². The molecule has 5 heteroatoms. The lowest BCUT2D eigenvalue weighted by molar-refractivity contribution is 0.0395. The van der Waals surface area contributed by atoms with E-state index in [0.29, 0.717) is 12.5 Å². The molecule has 2 unspecified atom stereocenters. The second-order valence-electron chi connectivity index (χ2n) is 7.81. The van der Waals surface area contributed by atoms with Crippen LogP contribution in [-0.4, -0.2) is 30.3 Å². The number of nitrogens with zero attached hydrogens (tertiary/aromatic N) is 1. The minimum atomic E-state index is -0.581. The maximum Gasteiger partial charge on any atom is 0.191 e. The van der Waals surface area contributed by atoms with Gasteiger partial charge in [0.25, 0.3) is 0 Å². The van der Waals surface area contributed by atoms with E-state index in [2.05, 4.69) is 33.8 Å². The van der Waals surface area contributed by atoms with Crippen molar-refractivity contribution >= 4 is 5.96 Å². The van der Waals surface area contributed by atoms with Crippen LogP contribution in [0.1, 0.15) is 55.4 Å². The molecule has 148 valence electrons. The number of fused-ring (bicyclic) bond motifs is 1. The Kier molecular flexibility index (Phi) is 5.53. The van der Waals surface area contributed by atoms with E-state index < -0.39 is 6.10 Å². The van der Waals surface area contributed by atoms with Crippen molar-refractivity contribution in [2.24, 2.45) is 4.99 Å². The summed E-state index contributed by atoms with van der Waals surface area (Å²) in [6.45, 7) is 0.402. The Morgan fingerprint density at radius 1 is 1.14 bits per heavy atom. The molecule has 1 aliphatic heterocycles. The van der Waals surface area contributed by atoms with E-state index >= 15 is 0 Å². The molecule has 28 heavy (non-hydrogen) atoms. The molecule has 0 bridgehead atoms.